The van der Waals surface area contributed by atoms with Crippen LogP contribution in [0.3, 0.4) is 0 Å². The Morgan fingerprint density at radius 3 is 2.78 bits per heavy atom. The average Bonchev–Trinajstić information content (AvgIpc) is 3.11. The monoisotopic (exact) mass is 382 g/mol. The molecule has 8 heteroatoms. The molecule has 0 saturated carbocycles. The van der Waals surface area contributed by atoms with Crippen LogP contribution in [0, 0.1) is 6.92 Å². The molecule has 0 bridgehead atoms. The topological polar surface area (TPSA) is 85.6 Å². The molecule has 7 nitrogen and oxygen atoms in total. The maximum atomic E-state index is 12.5. The predicted octanol–water partition coefficient (Wildman–Crippen LogP) is 3.36. The lowest BCUT2D eigenvalue weighted by Gasteiger charge is -2.13. The summed E-state index contributed by atoms with van der Waals surface area (Å²) >= 11 is 1.36. The molecule has 27 heavy (non-hydrogen) atoms. The summed E-state index contributed by atoms with van der Waals surface area (Å²) in [5.41, 5.74) is 3.77. The second kappa shape index (κ2) is 8.77. The van der Waals surface area contributed by atoms with Gasteiger partial charge in [0.1, 0.15) is 5.69 Å². The Morgan fingerprint density at radius 2 is 2.07 bits per heavy atom. The molecule has 0 aliphatic heterocycles. The number of carbonyl (C=O) groups is 1. The number of rotatable bonds is 7. The quantitative estimate of drug-likeness (QED) is 0.631. The van der Waals surface area contributed by atoms with Crippen molar-refractivity contribution < 1.29 is 4.79 Å². The molecule has 1 N–H and O–H groups in total. The third-order valence-corrected chi connectivity index (χ3v) is 5.13. The first kappa shape index (κ1) is 19.0. The van der Waals surface area contributed by atoms with E-state index in [2.05, 4.69) is 32.4 Å². The van der Waals surface area contributed by atoms with Gasteiger partial charge in [-0.25, -0.2) is 4.98 Å². The van der Waals surface area contributed by atoms with E-state index >= 15 is 0 Å². The zero-order valence-electron chi connectivity index (χ0n) is 15.6. The summed E-state index contributed by atoms with van der Waals surface area (Å²) in [6.07, 6.45) is 5.77. The van der Waals surface area contributed by atoms with Crippen LogP contribution in [0.5, 0.6) is 0 Å². The van der Waals surface area contributed by atoms with Gasteiger partial charge in [0.2, 0.25) is 5.91 Å². The van der Waals surface area contributed by atoms with Crippen molar-refractivity contribution in [3.05, 3.63) is 47.9 Å². The Labute approximate surface area is 162 Å². The van der Waals surface area contributed by atoms with E-state index in [-0.39, 0.29) is 11.7 Å². The molecule has 0 aliphatic rings. The summed E-state index contributed by atoms with van der Waals surface area (Å²) in [7, 11) is 0. The van der Waals surface area contributed by atoms with Gasteiger partial charge in [-0.15, -0.1) is 10.2 Å². The third-order valence-electron chi connectivity index (χ3n) is 4.16. The molecule has 0 radical (unpaired) electrons. The number of anilines is 1. The minimum absolute atomic E-state index is 0.0595. The number of hydrogen-bond acceptors (Lipinski definition) is 6. The Hall–Kier alpha value is -2.74. The number of nitrogens with zero attached hydrogens (tertiary/aromatic N) is 5. The number of amides is 1. The average molecular weight is 382 g/mol. The summed E-state index contributed by atoms with van der Waals surface area (Å²) in [5.74, 6) is 0.854. The molecule has 3 aromatic rings. The molecular weight excluding hydrogens is 360 g/mol. The van der Waals surface area contributed by atoms with Crippen LogP contribution in [0.4, 0.5) is 5.69 Å². The van der Waals surface area contributed by atoms with Crippen LogP contribution in [-0.2, 0) is 17.8 Å². The first-order valence-electron chi connectivity index (χ1n) is 8.84. The molecule has 1 amide bonds. The first-order valence-corrected chi connectivity index (χ1v) is 9.83. The minimum atomic E-state index is -0.0595. The predicted molar refractivity (Wildman–Crippen MR) is 107 cm³/mol. The van der Waals surface area contributed by atoms with Crippen LogP contribution in [0.2, 0.25) is 0 Å². The van der Waals surface area contributed by atoms with Crippen molar-refractivity contribution in [2.24, 2.45) is 0 Å². The van der Waals surface area contributed by atoms with Crippen LogP contribution in [0.1, 0.15) is 25.0 Å². The highest BCUT2D eigenvalue weighted by Crippen LogP contribution is 2.24. The van der Waals surface area contributed by atoms with Gasteiger partial charge in [-0.2, -0.15) is 0 Å². The van der Waals surface area contributed by atoms with E-state index in [1.54, 1.807) is 18.6 Å². The molecule has 0 saturated heterocycles. The lowest BCUT2D eigenvalue weighted by atomic mass is 10.1. The SMILES string of the molecule is CCc1cccc(C)c1NC(=O)CSc1nnc(-c2cnccn2)n1CC. The molecule has 1 aromatic carbocycles. The van der Waals surface area contributed by atoms with Crippen LogP contribution in [0.15, 0.2) is 41.9 Å². The van der Waals surface area contributed by atoms with Gasteiger partial charge in [0.25, 0.3) is 0 Å². The maximum absolute atomic E-state index is 12.5. The second-order valence-corrected chi connectivity index (χ2v) is 6.88. The summed E-state index contributed by atoms with van der Waals surface area (Å²) in [5, 5.41) is 12.2. The van der Waals surface area contributed by atoms with Crippen molar-refractivity contribution in [2.45, 2.75) is 38.9 Å². The van der Waals surface area contributed by atoms with E-state index in [4.69, 9.17) is 0 Å². The molecule has 0 aliphatic carbocycles. The normalized spacial score (nSPS) is 10.8. The summed E-state index contributed by atoms with van der Waals surface area (Å²) in [4.78, 5) is 20.8. The highest BCUT2D eigenvalue weighted by Gasteiger charge is 2.16. The number of carbonyl (C=O) groups excluding carboxylic acids is 1. The molecule has 140 valence electrons. The first-order chi connectivity index (χ1) is 13.1. The van der Waals surface area contributed by atoms with Gasteiger partial charge in [0.05, 0.1) is 11.9 Å². The van der Waals surface area contributed by atoms with Gasteiger partial charge in [0.15, 0.2) is 11.0 Å². The second-order valence-electron chi connectivity index (χ2n) is 5.94. The van der Waals surface area contributed by atoms with Crippen molar-refractivity contribution in [3.63, 3.8) is 0 Å². The number of thioether (sulfide) groups is 1. The van der Waals surface area contributed by atoms with E-state index in [1.165, 1.54) is 11.8 Å². The van der Waals surface area contributed by atoms with E-state index in [0.717, 1.165) is 23.2 Å². The molecule has 0 unspecified atom stereocenters. The van der Waals surface area contributed by atoms with Gasteiger partial charge in [-0.05, 0) is 31.4 Å². The number of nitrogens with one attached hydrogen (secondary N) is 1. The third kappa shape index (κ3) is 4.33. The Balaban J connectivity index is 1.71. The fraction of sp³-hybridized carbons (Fsp3) is 0.316. The smallest absolute Gasteiger partial charge is 0.234 e. The molecular formula is C19H22N6OS. The fourth-order valence-electron chi connectivity index (χ4n) is 2.79. The van der Waals surface area contributed by atoms with E-state index in [0.29, 0.717) is 23.2 Å². The van der Waals surface area contributed by atoms with E-state index in [9.17, 15) is 4.79 Å². The lowest BCUT2D eigenvalue weighted by Crippen LogP contribution is -2.16. The minimum Gasteiger partial charge on any atom is -0.325 e. The van der Waals surface area contributed by atoms with Crippen molar-refractivity contribution in [1.29, 1.82) is 0 Å². The Morgan fingerprint density at radius 1 is 1.22 bits per heavy atom. The molecule has 2 heterocycles. The van der Waals surface area contributed by atoms with Gasteiger partial charge in [-0.1, -0.05) is 36.9 Å². The summed E-state index contributed by atoms with van der Waals surface area (Å²) in [6.45, 7) is 6.77. The van der Waals surface area contributed by atoms with Crippen molar-refractivity contribution in [1.82, 2.24) is 24.7 Å². The van der Waals surface area contributed by atoms with Crippen LogP contribution in [-0.4, -0.2) is 36.4 Å². The van der Waals surface area contributed by atoms with Gasteiger partial charge in [0, 0.05) is 24.6 Å². The molecule has 3 rings (SSSR count). The van der Waals surface area contributed by atoms with Crippen LogP contribution in [0.25, 0.3) is 11.5 Å². The lowest BCUT2D eigenvalue weighted by molar-refractivity contribution is -0.113. The van der Waals surface area contributed by atoms with Crippen molar-refractivity contribution in [2.75, 3.05) is 11.1 Å². The highest BCUT2D eigenvalue weighted by molar-refractivity contribution is 7.99. The van der Waals surface area contributed by atoms with Crippen molar-refractivity contribution in [3.8, 4) is 11.5 Å². The van der Waals surface area contributed by atoms with Gasteiger partial charge >= 0.3 is 0 Å². The number of aromatic nitrogens is 5. The van der Waals surface area contributed by atoms with E-state index in [1.807, 2.05) is 36.6 Å². The zero-order chi connectivity index (χ0) is 19.2. The molecule has 0 spiro atoms. The molecule has 0 atom stereocenters. The molecule has 2 aromatic heterocycles. The van der Waals surface area contributed by atoms with Gasteiger partial charge in [-0.3, -0.25) is 9.78 Å². The van der Waals surface area contributed by atoms with E-state index < -0.39 is 0 Å². The number of hydrogen-bond donors (Lipinski definition) is 1. The summed E-state index contributed by atoms with van der Waals surface area (Å²) < 4.78 is 1.94. The Bertz CT molecular complexity index is 925. The zero-order valence-corrected chi connectivity index (χ0v) is 16.5. The summed E-state index contributed by atoms with van der Waals surface area (Å²) in [6, 6.07) is 6.05. The van der Waals surface area contributed by atoms with Crippen LogP contribution >= 0.6 is 11.8 Å². The number of para-hydroxylation sites is 1. The van der Waals surface area contributed by atoms with Crippen molar-refractivity contribution >= 4 is 23.4 Å². The van der Waals surface area contributed by atoms with Gasteiger partial charge < -0.3 is 9.88 Å². The number of aryl methyl sites for hydroxylation is 2. The van der Waals surface area contributed by atoms with Crippen LogP contribution < -0.4 is 5.32 Å². The highest BCUT2D eigenvalue weighted by atomic mass is 32.2. The molecule has 0 fully saturated rings. The standard InChI is InChI=1S/C19H22N6OS/c1-4-14-8-6-7-13(3)17(14)22-16(26)12-27-19-24-23-18(25(19)5-2)15-11-20-9-10-21-15/h6-11H,4-5,12H2,1-3H3,(H,22,26). The fourth-order valence-corrected chi connectivity index (χ4v) is 3.59. The maximum Gasteiger partial charge on any atom is 0.234 e. The number of benzene rings is 1. The largest absolute Gasteiger partial charge is 0.325 e. The Kier molecular flexibility index (Phi) is 6.18.